The number of aliphatic imine (C=N–C) groups is 1. The van der Waals surface area contributed by atoms with E-state index in [4.69, 9.17) is 21.3 Å². The van der Waals surface area contributed by atoms with E-state index in [9.17, 15) is 9.59 Å². The first-order valence-electron chi connectivity index (χ1n) is 12.0. The SMILES string of the molecule is NC(=NC(=O)[C@H](N)CC(=O)O)N1CCC(OCC[C@@H]2CCCCN2C2CCSCC2)CC1. The van der Waals surface area contributed by atoms with Gasteiger partial charge in [0.05, 0.1) is 18.6 Å². The van der Waals surface area contributed by atoms with Crippen LogP contribution in [0.4, 0.5) is 0 Å². The summed E-state index contributed by atoms with van der Waals surface area (Å²) in [5.41, 5.74) is 11.5. The van der Waals surface area contributed by atoms with E-state index in [1.807, 2.05) is 4.90 Å². The Kier molecular flexibility index (Phi) is 10.1. The van der Waals surface area contributed by atoms with Crippen LogP contribution in [0.2, 0.25) is 0 Å². The molecule has 0 saturated carbocycles. The Balaban J connectivity index is 1.38. The predicted octanol–water partition coefficient (Wildman–Crippen LogP) is 1.25. The Labute approximate surface area is 195 Å². The molecule has 2 atom stereocenters. The number of hydrogen-bond acceptors (Lipinski definition) is 6. The third-order valence-electron chi connectivity index (χ3n) is 6.84. The summed E-state index contributed by atoms with van der Waals surface area (Å²) in [4.78, 5) is 31.0. The van der Waals surface area contributed by atoms with Crippen molar-refractivity contribution in [2.24, 2.45) is 16.5 Å². The molecular formula is C22H39N5O4S. The average Bonchev–Trinajstić information content (AvgIpc) is 2.80. The van der Waals surface area contributed by atoms with Crippen molar-refractivity contribution in [3.05, 3.63) is 0 Å². The molecule has 0 bridgehead atoms. The number of ether oxygens (including phenoxy) is 1. The topological polar surface area (TPSA) is 134 Å². The molecule has 0 unspecified atom stereocenters. The zero-order valence-electron chi connectivity index (χ0n) is 19.0. The summed E-state index contributed by atoms with van der Waals surface area (Å²) < 4.78 is 6.22. The highest BCUT2D eigenvalue weighted by atomic mass is 32.2. The third-order valence-corrected chi connectivity index (χ3v) is 7.89. The van der Waals surface area contributed by atoms with Gasteiger partial charge in [0.2, 0.25) is 0 Å². The normalized spacial score (nSPS) is 25.6. The zero-order valence-corrected chi connectivity index (χ0v) is 19.8. The van der Waals surface area contributed by atoms with Crippen LogP contribution in [0.15, 0.2) is 4.99 Å². The molecule has 0 radical (unpaired) electrons. The molecule has 0 aromatic carbocycles. The number of carboxylic acid groups (broad SMARTS) is 1. The van der Waals surface area contributed by atoms with Crippen LogP contribution < -0.4 is 11.5 Å². The molecule has 3 rings (SSSR count). The van der Waals surface area contributed by atoms with E-state index in [1.54, 1.807) is 0 Å². The number of nitrogens with two attached hydrogens (primary N) is 2. The lowest BCUT2D eigenvalue weighted by Gasteiger charge is -2.43. The number of rotatable bonds is 8. The lowest BCUT2D eigenvalue weighted by Crippen LogP contribution is -2.48. The maximum absolute atomic E-state index is 11.9. The number of carbonyl (C=O) groups excluding carboxylic acids is 1. The summed E-state index contributed by atoms with van der Waals surface area (Å²) in [7, 11) is 0. The highest BCUT2D eigenvalue weighted by Crippen LogP contribution is 2.29. The van der Waals surface area contributed by atoms with Crippen molar-refractivity contribution in [1.29, 1.82) is 0 Å². The molecule has 3 aliphatic heterocycles. The number of likely N-dealkylation sites (tertiary alicyclic amines) is 2. The number of nitrogens with zero attached hydrogens (tertiary/aromatic N) is 3. The van der Waals surface area contributed by atoms with E-state index >= 15 is 0 Å². The molecule has 3 saturated heterocycles. The maximum atomic E-state index is 11.9. The van der Waals surface area contributed by atoms with Crippen LogP contribution in [0.25, 0.3) is 0 Å². The summed E-state index contributed by atoms with van der Waals surface area (Å²) >= 11 is 2.09. The monoisotopic (exact) mass is 469 g/mol. The lowest BCUT2D eigenvalue weighted by atomic mass is 9.95. The van der Waals surface area contributed by atoms with Crippen LogP contribution in [0.5, 0.6) is 0 Å². The number of carbonyl (C=O) groups is 2. The lowest BCUT2D eigenvalue weighted by molar-refractivity contribution is -0.139. The minimum absolute atomic E-state index is 0.109. The number of aliphatic carboxylic acids is 1. The highest BCUT2D eigenvalue weighted by Gasteiger charge is 2.30. The Morgan fingerprint density at radius 2 is 1.81 bits per heavy atom. The fourth-order valence-corrected chi connectivity index (χ4v) is 6.08. The van der Waals surface area contributed by atoms with Gasteiger partial charge in [-0.25, -0.2) is 0 Å². The van der Waals surface area contributed by atoms with E-state index in [0.717, 1.165) is 31.9 Å². The van der Waals surface area contributed by atoms with Gasteiger partial charge in [-0.05, 0) is 63.0 Å². The minimum atomic E-state index is -1.17. The molecule has 3 aliphatic rings. The van der Waals surface area contributed by atoms with Crippen molar-refractivity contribution < 1.29 is 19.4 Å². The summed E-state index contributed by atoms with van der Waals surface area (Å²) in [5, 5.41) is 8.74. The smallest absolute Gasteiger partial charge is 0.305 e. The average molecular weight is 470 g/mol. The Morgan fingerprint density at radius 3 is 2.50 bits per heavy atom. The number of amides is 1. The Bertz CT molecular complexity index is 650. The molecule has 5 N–H and O–H groups in total. The van der Waals surface area contributed by atoms with Crippen LogP contribution in [0.1, 0.15) is 57.8 Å². The van der Waals surface area contributed by atoms with Crippen LogP contribution in [0, 0.1) is 0 Å². The molecule has 0 aromatic heterocycles. The van der Waals surface area contributed by atoms with E-state index < -0.39 is 24.3 Å². The van der Waals surface area contributed by atoms with Crippen molar-refractivity contribution in [3.8, 4) is 0 Å². The van der Waals surface area contributed by atoms with Crippen LogP contribution in [0.3, 0.4) is 0 Å². The van der Waals surface area contributed by atoms with Crippen molar-refractivity contribution in [1.82, 2.24) is 9.80 Å². The zero-order chi connectivity index (χ0) is 22.9. The number of hydrogen-bond donors (Lipinski definition) is 3. The fraction of sp³-hybridized carbons (Fsp3) is 0.864. The second-order valence-corrected chi connectivity index (χ2v) is 10.3. The standard InChI is InChI=1S/C22H39N5O4S/c23-19(15-20(28)29)21(30)25-22(24)26-10-4-18(5-11-26)31-12-6-16-3-1-2-9-27(16)17-7-13-32-14-8-17/h16-19H,1-15,23H2,(H,28,29)(H2,24,25,30)/t16-,19+/m0/s1. The largest absolute Gasteiger partial charge is 0.481 e. The second kappa shape index (κ2) is 12.8. The third kappa shape index (κ3) is 7.60. The molecular weight excluding hydrogens is 430 g/mol. The van der Waals surface area contributed by atoms with Crippen molar-refractivity contribution in [2.45, 2.75) is 82.0 Å². The molecule has 32 heavy (non-hydrogen) atoms. The van der Waals surface area contributed by atoms with Gasteiger partial charge in [-0.2, -0.15) is 16.8 Å². The van der Waals surface area contributed by atoms with Gasteiger partial charge >= 0.3 is 5.97 Å². The number of carboxylic acids is 1. The first-order valence-corrected chi connectivity index (χ1v) is 13.1. The summed E-state index contributed by atoms with van der Waals surface area (Å²) in [6.07, 6.45) is 9.11. The second-order valence-electron chi connectivity index (χ2n) is 9.09. The molecule has 3 heterocycles. The van der Waals surface area contributed by atoms with Gasteiger partial charge in [0.25, 0.3) is 5.91 Å². The van der Waals surface area contributed by atoms with Gasteiger partial charge in [0.15, 0.2) is 5.96 Å². The Hall–Kier alpha value is -1.36. The van der Waals surface area contributed by atoms with Gasteiger partial charge < -0.3 is 26.2 Å². The van der Waals surface area contributed by atoms with Gasteiger partial charge in [0.1, 0.15) is 0 Å². The molecule has 3 fully saturated rings. The highest BCUT2D eigenvalue weighted by molar-refractivity contribution is 7.99. The number of guanidine groups is 1. The molecule has 182 valence electrons. The van der Waals surface area contributed by atoms with Gasteiger partial charge in [-0.3, -0.25) is 14.5 Å². The van der Waals surface area contributed by atoms with Gasteiger partial charge in [-0.1, -0.05) is 6.42 Å². The minimum Gasteiger partial charge on any atom is -0.481 e. The van der Waals surface area contributed by atoms with Crippen LogP contribution >= 0.6 is 11.8 Å². The summed E-state index contributed by atoms with van der Waals surface area (Å²) in [6, 6.07) is 0.248. The van der Waals surface area contributed by atoms with E-state index in [2.05, 4.69) is 21.7 Å². The van der Waals surface area contributed by atoms with Crippen LogP contribution in [-0.2, 0) is 14.3 Å². The Morgan fingerprint density at radius 1 is 1.09 bits per heavy atom. The molecule has 1 amide bonds. The summed E-state index contributed by atoms with van der Waals surface area (Å²) in [5.74, 6) is 0.875. The molecule has 9 nitrogen and oxygen atoms in total. The maximum Gasteiger partial charge on any atom is 0.305 e. The van der Waals surface area contributed by atoms with Gasteiger partial charge in [0, 0.05) is 31.8 Å². The van der Waals surface area contributed by atoms with Gasteiger partial charge in [-0.15, -0.1) is 0 Å². The van der Waals surface area contributed by atoms with E-state index in [-0.39, 0.29) is 12.1 Å². The predicted molar refractivity (Wildman–Crippen MR) is 127 cm³/mol. The molecule has 0 spiro atoms. The van der Waals surface area contributed by atoms with E-state index in [0.29, 0.717) is 19.1 Å². The van der Waals surface area contributed by atoms with Crippen LogP contribution in [-0.4, -0.2) is 94.7 Å². The first-order chi connectivity index (χ1) is 15.4. The number of piperidine rings is 2. The molecule has 10 heteroatoms. The molecule has 0 aliphatic carbocycles. The number of thioether (sulfide) groups is 1. The summed E-state index contributed by atoms with van der Waals surface area (Å²) in [6.45, 7) is 3.36. The van der Waals surface area contributed by atoms with Crippen molar-refractivity contribution in [3.63, 3.8) is 0 Å². The molecule has 0 aromatic rings. The van der Waals surface area contributed by atoms with Crippen molar-refractivity contribution in [2.75, 3.05) is 37.7 Å². The van der Waals surface area contributed by atoms with E-state index in [1.165, 1.54) is 50.2 Å². The fourth-order valence-electron chi connectivity index (χ4n) is 4.99. The van der Waals surface area contributed by atoms with Crippen molar-refractivity contribution >= 4 is 29.6 Å². The first kappa shape index (κ1) is 25.3. The quantitative estimate of drug-likeness (QED) is 0.354.